The van der Waals surface area contributed by atoms with Crippen LogP contribution < -0.4 is 10.1 Å². The van der Waals surface area contributed by atoms with Crippen LogP contribution in [0, 0.1) is 0 Å². The number of piperazine rings is 1. The van der Waals surface area contributed by atoms with E-state index in [1.807, 2.05) is 66.9 Å². The molecule has 1 fully saturated rings. The minimum atomic E-state index is -0.220. The standard InChI is InChI=1S/C30H33N7O2/c1-36-11-13-37(14-12-36)20-24-9-8-23(18-32-24)33-30(38)29-27-16-21(7-10-28(27)34-35-29)22-15-26(19-31-17-22)39-25-5-3-2-4-6-25/h2-10,15-17,23,26H,11-14,18-20H2,1H3,(H,33,38)(H,34,35). The predicted octanol–water partition coefficient (Wildman–Crippen LogP) is 2.83. The van der Waals surface area contributed by atoms with Gasteiger partial charge >= 0.3 is 0 Å². The topological polar surface area (TPSA) is 98.2 Å². The van der Waals surface area contributed by atoms with E-state index >= 15 is 0 Å². The zero-order valence-corrected chi connectivity index (χ0v) is 22.1. The van der Waals surface area contributed by atoms with E-state index in [-0.39, 0.29) is 18.1 Å². The molecule has 0 bridgehead atoms. The Morgan fingerprint density at radius 1 is 1.10 bits per heavy atom. The van der Waals surface area contributed by atoms with Gasteiger partial charge in [-0.25, -0.2) is 0 Å². The number of benzene rings is 2. The van der Waals surface area contributed by atoms with Crippen molar-refractivity contribution in [3.63, 3.8) is 0 Å². The van der Waals surface area contributed by atoms with Crippen LogP contribution in [-0.2, 0) is 0 Å². The molecule has 2 aromatic carbocycles. The van der Waals surface area contributed by atoms with Gasteiger partial charge in [0.1, 0.15) is 11.9 Å². The lowest BCUT2D eigenvalue weighted by Crippen LogP contribution is -2.46. The second-order valence-corrected chi connectivity index (χ2v) is 10.3. The minimum absolute atomic E-state index is 0.157. The fourth-order valence-electron chi connectivity index (χ4n) is 5.06. The molecule has 9 nitrogen and oxygen atoms in total. The molecule has 9 heteroatoms. The molecule has 2 unspecified atom stereocenters. The number of rotatable bonds is 7. The highest BCUT2D eigenvalue weighted by molar-refractivity contribution is 6.13. The van der Waals surface area contributed by atoms with Gasteiger partial charge in [0.2, 0.25) is 0 Å². The summed E-state index contributed by atoms with van der Waals surface area (Å²) in [5.74, 6) is 0.592. The van der Waals surface area contributed by atoms with Gasteiger partial charge < -0.3 is 15.0 Å². The normalized spacial score (nSPS) is 22.0. The maximum Gasteiger partial charge on any atom is 0.272 e. The molecule has 1 saturated heterocycles. The van der Waals surface area contributed by atoms with Crippen molar-refractivity contribution in [1.29, 1.82) is 0 Å². The van der Waals surface area contributed by atoms with Crippen LogP contribution >= 0.6 is 0 Å². The van der Waals surface area contributed by atoms with E-state index in [9.17, 15) is 4.79 Å². The fourth-order valence-corrected chi connectivity index (χ4v) is 5.06. The van der Waals surface area contributed by atoms with Crippen molar-refractivity contribution >= 4 is 34.3 Å². The largest absolute Gasteiger partial charge is 0.484 e. The summed E-state index contributed by atoms with van der Waals surface area (Å²) < 4.78 is 6.09. The highest BCUT2D eigenvalue weighted by Crippen LogP contribution is 2.25. The summed E-state index contributed by atoms with van der Waals surface area (Å²) in [4.78, 5) is 27.2. The van der Waals surface area contributed by atoms with Gasteiger partial charge in [-0.3, -0.25) is 24.8 Å². The van der Waals surface area contributed by atoms with Gasteiger partial charge in [0.05, 0.1) is 24.6 Å². The molecule has 200 valence electrons. The summed E-state index contributed by atoms with van der Waals surface area (Å²) in [6.07, 6.45) is 7.85. The van der Waals surface area contributed by atoms with E-state index < -0.39 is 0 Å². The first kappa shape index (κ1) is 25.2. The number of allylic oxidation sites excluding steroid dienone is 1. The number of aliphatic imine (C=N–C) groups is 2. The molecule has 3 aromatic rings. The molecule has 1 amide bonds. The molecule has 39 heavy (non-hydrogen) atoms. The Morgan fingerprint density at radius 3 is 2.74 bits per heavy atom. The smallest absolute Gasteiger partial charge is 0.272 e. The van der Waals surface area contributed by atoms with Crippen LogP contribution in [0.1, 0.15) is 16.1 Å². The zero-order valence-electron chi connectivity index (χ0n) is 22.1. The molecule has 3 aliphatic heterocycles. The molecular formula is C30H33N7O2. The van der Waals surface area contributed by atoms with Crippen LogP contribution in [0.25, 0.3) is 16.5 Å². The molecule has 6 rings (SSSR count). The van der Waals surface area contributed by atoms with E-state index in [0.717, 1.165) is 66.2 Å². The predicted molar refractivity (Wildman–Crippen MR) is 155 cm³/mol. The third-order valence-corrected chi connectivity index (χ3v) is 7.33. The van der Waals surface area contributed by atoms with E-state index in [1.165, 1.54) is 0 Å². The molecule has 3 aliphatic rings. The average Bonchev–Trinajstić information content (AvgIpc) is 3.40. The van der Waals surface area contributed by atoms with E-state index in [2.05, 4.69) is 43.4 Å². The van der Waals surface area contributed by atoms with Crippen molar-refractivity contribution in [1.82, 2.24) is 25.3 Å². The SMILES string of the molecule is CN1CCN(CC2=NCC(NC(=O)c3n[nH]c4ccc(C5=CC(Oc6ccccc6)CN=C5)cc34)C=C2)CC1. The number of nitrogens with one attached hydrogen (secondary N) is 2. The Bertz CT molecular complexity index is 1450. The van der Waals surface area contributed by atoms with Gasteiger partial charge in [-0.05, 0) is 54.6 Å². The van der Waals surface area contributed by atoms with Crippen molar-refractivity contribution in [2.24, 2.45) is 9.98 Å². The Hall–Kier alpha value is -4.08. The summed E-state index contributed by atoms with van der Waals surface area (Å²) in [6, 6.07) is 15.5. The highest BCUT2D eigenvalue weighted by atomic mass is 16.5. The maximum absolute atomic E-state index is 13.2. The number of ether oxygens (including phenoxy) is 1. The van der Waals surface area contributed by atoms with Crippen molar-refractivity contribution in [3.05, 3.63) is 78.0 Å². The van der Waals surface area contributed by atoms with Gasteiger partial charge in [0, 0.05) is 50.0 Å². The maximum atomic E-state index is 13.2. The van der Waals surface area contributed by atoms with E-state index in [1.54, 1.807) is 0 Å². The number of carbonyl (C=O) groups is 1. The third-order valence-electron chi connectivity index (χ3n) is 7.33. The van der Waals surface area contributed by atoms with E-state index in [4.69, 9.17) is 9.73 Å². The molecular weight excluding hydrogens is 490 g/mol. The third kappa shape index (κ3) is 6.00. The lowest BCUT2D eigenvalue weighted by molar-refractivity contribution is 0.0942. The number of carbonyl (C=O) groups excluding carboxylic acids is 1. The Balaban J connectivity index is 1.11. The van der Waals surface area contributed by atoms with Crippen molar-refractivity contribution < 1.29 is 9.53 Å². The number of nitrogens with zero attached hydrogens (tertiary/aromatic N) is 5. The van der Waals surface area contributed by atoms with Crippen LogP contribution in [0.15, 0.2) is 76.7 Å². The van der Waals surface area contributed by atoms with Crippen LogP contribution in [0.2, 0.25) is 0 Å². The van der Waals surface area contributed by atoms with Crippen molar-refractivity contribution in [2.75, 3.05) is 52.9 Å². The number of hydrogen-bond acceptors (Lipinski definition) is 7. The van der Waals surface area contributed by atoms with Crippen LogP contribution in [-0.4, -0.2) is 103 Å². The molecule has 2 N–H and O–H groups in total. The molecule has 1 aromatic heterocycles. The van der Waals surface area contributed by atoms with Crippen LogP contribution in [0.4, 0.5) is 0 Å². The monoisotopic (exact) mass is 523 g/mol. The number of likely N-dealkylation sites (N-methyl/N-ethyl adjacent to an activating group) is 1. The first-order valence-corrected chi connectivity index (χ1v) is 13.5. The second kappa shape index (κ2) is 11.3. The summed E-state index contributed by atoms with van der Waals surface area (Å²) in [5, 5.41) is 11.2. The number of fused-ring (bicyclic) bond motifs is 1. The Kier molecular flexibility index (Phi) is 7.33. The summed E-state index contributed by atoms with van der Waals surface area (Å²) in [7, 11) is 2.16. The summed E-state index contributed by atoms with van der Waals surface area (Å²) in [5.41, 5.74) is 4.16. The number of aromatic nitrogens is 2. The van der Waals surface area contributed by atoms with E-state index in [0.29, 0.717) is 18.8 Å². The molecule has 4 heterocycles. The summed E-state index contributed by atoms with van der Waals surface area (Å²) in [6.45, 7) is 6.23. The highest BCUT2D eigenvalue weighted by Gasteiger charge is 2.21. The van der Waals surface area contributed by atoms with Gasteiger partial charge in [-0.2, -0.15) is 5.10 Å². The van der Waals surface area contributed by atoms with Crippen molar-refractivity contribution in [2.45, 2.75) is 12.1 Å². The first-order valence-electron chi connectivity index (χ1n) is 13.5. The lowest BCUT2D eigenvalue weighted by atomic mass is 10.0. The molecule has 0 saturated carbocycles. The fraction of sp³-hybridized carbons (Fsp3) is 0.333. The number of H-pyrrole nitrogens is 1. The molecule has 2 atom stereocenters. The summed E-state index contributed by atoms with van der Waals surface area (Å²) >= 11 is 0. The zero-order chi connectivity index (χ0) is 26.6. The lowest BCUT2D eigenvalue weighted by Gasteiger charge is -2.32. The number of amides is 1. The van der Waals surface area contributed by atoms with Crippen molar-refractivity contribution in [3.8, 4) is 5.75 Å². The van der Waals surface area contributed by atoms with Gasteiger partial charge in [0.15, 0.2) is 5.69 Å². The quantitative estimate of drug-likeness (QED) is 0.496. The van der Waals surface area contributed by atoms with Gasteiger partial charge in [0.25, 0.3) is 5.91 Å². The first-order chi connectivity index (χ1) is 19.1. The molecule has 0 spiro atoms. The number of para-hydroxylation sites is 1. The minimum Gasteiger partial charge on any atom is -0.484 e. The number of hydrogen-bond donors (Lipinski definition) is 2. The van der Waals surface area contributed by atoms with Gasteiger partial charge in [-0.1, -0.05) is 30.3 Å². The Morgan fingerprint density at radius 2 is 1.95 bits per heavy atom. The second-order valence-electron chi connectivity index (χ2n) is 10.3. The Labute approximate surface area is 228 Å². The number of aromatic amines is 1. The average molecular weight is 524 g/mol. The van der Waals surface area contributed by atoms with Crippen LogP contribution in [0.3, 0.4) is 0 Å². The number of dihydropyridines is 2. The van der Waals surface area contributed by atoms with Crippen LogP contribution in [0.5, 0.6) is 5.75 Å². The molecule has 0 radical (unpaired) electrons. The molecule has 0 aliphatic carbocycles. The van der Waals surface area contributed by atoms with Gasteiger partial charge in [-0.15, -0.1) is 0 Å².